The second-order valence-corrected chi connectivity index (χ2v) is 13.0. The first-order valence-electron chi connectivity index (χ1n) is 17.1. The lowest BCUT2D eigenvalue weighted by molar-refractivity contribution is -0.934. The van der Waals surface area contributed by atoms with Gasteiger partial charge in [-0.15, -0.1) is 0 Å². The van der Waals surface area contributed by atoms with Crippen LogP contribution >= 0.6 is 0 Å². The van der Waals surface area contributed by atoms with Crippen LogP contribution < -0.4 is 0 Å². The highest BCUT2D eigenvalue weighted by atomic mass is 16.4. The third kappa shape index (κ3) is 21.7. The van der Waals surface area contributed by atoms with Gasteiger partial charge in [-0.2, -0.15) is 0 Å². The van der Waals surface area contributed by atoms with Gasteiger partial charge in [-0.25, -0.2) is 0 Å². The summed E-state index contributed by atoms with van der Waals surface area (Å²) in [7, 11) is 0. The monoisotopic (exact) mass is 584 g/mol. The molecule has 0 aromatic rings. The molecule has 0 aromatic heterocycles. The molecule has 0 spiro atoms. The van der Waals surface area contributed by atoms with E-state index in [1.807, 2.05) is 0 Å². The van der Waals surface area contributed by atoms with Crippen LogP contribution in [0.1, 0.15) is 156 Å². The zero-order chi connectivity index (χ0) is 30.9. The maximum atomic E-state index is 11.6. The van der Waals surface area contributed by atoms with E-state index in [1.54, 1.807) is 20.8 Å². The summed E-state index contributed by atoms with van der Waals surface area (Å²) in [5, 5.41) is 28.6. The number of quaternary nitrogens is 1. The maximum Gasteiger partial charge on any atom is 0.311 e. The maximum absolute atomic E-state index is 11.6. The van der Waals surface area contributed by atoms with E-state index in [-0.39, 0.29) is 24.1 Å². The predicted molar refractivity (Wildman–Crippen MR) is 168 cm³/mol. The minimum absolute atomic E-state index is 0.230. The number of nitrogens with zero attached hydrogens (tertiary/aromatic N) is 1. The van der Waals surface area contributed by atoms with Crippen molar-refractivity contribution in [3.63, 3.8) is 0 Å². The topological polar surface area (TPSA) is 112 Å². The molecule has 0 aromatic carbocycles. The molecule has 0 saturated carbocycles. The van der Waals surface area contributed by atoms with E-state index in [0.717, 1.165) is 19.3 Å². The average Bonchev–Trinajstić information content (AvgIpc) is 2.91. The van der Waals surface area contributed by atoms with Gasteiger partial charge in [0, 0.05) is 0 Å². The van der Waals surface area contributed by atoms with Gasteiger partial charge in [0.15, 0.2) is 0 Å². The molecule has 0 heterocycles. The molecule has 242 valence electrons. The van der Waals surface area contributed by atoms with Crippen molar-refractivity contribution >= 4 is 17.9 Å². The fourth-order valence-corrected chi connectivity index (χ4v) is 6.18. The summed E-state index contributed by atoms with van der Waals surface area (Å²) in [5.41, 5.74) is 0. The average molecular weight is 585 g/mol. The summed E-state index contributed by atoms with van der Waals surface area (Å²) in [4.78, 5) is 34.9. The highest BCUT2D eigenvalue weighted by Crippen LogP contribution is 2.22. The molecule has 0 rings (SSSR count). The summed E-state index contributed by atoms with van der Waals surface area (Å²) < 4.78 is 0.230. The van der Waals surface area contributed by atoms with E-state index in [4.69, 9.17) is 0 Å². The number of aliphatic carboxylic acids is 3. The summed E-state index contributed by atoms with van der Waals surface area (Å²) in [6.45, 7) is 8.53. The molecule has 3 atom stereocenters. The minimum Gasteiger partial charge on any atom is -0.481 e. The Morgan fingerprint density at radius 1 is 0.439 bits per heavy atom. The van der Waals surface area contributed by atoms with Crippen molar-refractivity contribution in [2.24, 2.45) is 17.8 Å². The summed E-state index contributed by atoms with van der Waals surface area (Å²) in [6.07, 6.45) is 26.0. The van der Waals surface area contributed by atoms with Crippen molar-refractivity contribution < 1.29 is 34.2 Å². The zero-order valence-corrected chi connectivity index (χ0v) is 27.2. The van der Waals surface area contributed by atoms with Gasteiger partial charge in [-0.3, -0.25) is 14.4 Å². The van der Waals surface area contributed by atoms with Crippen LogP contribution in [0.5, 0.6) is 0 Å². The van der Waals surface area contributed by atoms with Crippen LogP contribution in [0.4, 0.5) is 0 Å². The van der Waals surface area contributed by atoms with E-state index in [1.165, 1.54) is 109 Å². The Kier molecular flexibility index (Phi) is 23.9. The summed E-state index contributed by atoms with van der Waals surface area (Å²) in [5.74, 6) is -4.78. The van der Waals surface area contributed by atoms with Gasteiger partial charge >= 0.3 is 17.9 Å². The van der Waals surface area contributed by atoms with E-state index in [0.29, 0.717) is 6.54 Å². The Morgan fingerprint density at radius 3 is 0.878 bits per heavy atom. The van der Waals surface area contributed by atoms with Crippen LogP contribution in [0.3, 0.4) is 0 Å². The lowest BCUT2D eigenvalue weighted by Gasteiger charge is -2.42. The molecule has 0 fully saturated rings. The number of rotatable bonds is 30. The first-order valence-corrected chi connectivity index (χ1v) is 17.1. The SMILES string of the molecule is CCCCCCCCCCCCCCCCCCCCCC[N+](CC(C)C(=O)O)(CC(C)C(=O)O)CC(C)C(=O)O. The molecule has 0 saturated heterocycles. The normalized spacial score (nSPS) is 15.2. The van der Waals surface area contributed by atoms with Crippen LogP contribution in [0.2, 0.25) is 0 Å². The number of carboxylic acids is 3. The van der Waals surface area contributed by atoms with Gasteiger partial charge in [0.1, 0.15) is 17.8 Å². The quantitative estimate of drug-likeness (QED) is 0.0574. The number of hydrogen-bond donors (Lipinski definition) is 3. The Balaban J connectivity index is 4.19. The first-order chi connectivity index (χ1) is 19.5. The lowest BCUT2D eigenvalue weighted by Crippen LogP contribution is -2.57. The standard InChI is InChI=1S/C34H65NO6/c1-5-6-7-8-9-10-11-12-13-14-15-16-17-18-19-20-21-22-23-24-25-35(26-29(2)32(36)37,27-30(3)33(38)39)28-31(4)34(40)41/h29-31H,5-28H2,1-4H3,(H2-,36,37,38,39,40,41)/p+1. The Labute approximate surface area is 252 Å². The molecule has 0 radical (unpaired) electrons. The number of hydrogen-bond acceptors (Lipinski definition) is 3. The van der Waals surface area contributed by atoms with Gasteiger partial charge in [-0.05, 0) is 33.6 Å². The van der Waals surface area contributed by atoms with Crippen molar-refractivity contribution in [1.29, 1.82) is 0 Å². The molecular formula is C34H66NO6+. The Bertz CT molecular complexity index is 627. The summed E-state index contributed by atoms with van der Waals surface area (Å²) in [6, 6.07) is 0. The lowest BCUT2D eigenvalue weighted by atomic mass is 10.00. The Hall–Kier alpha value is -1.63. The second-order valence-electron chi connectivity index (χ2n) is 13.0. The Morgan fingerprint density at radius 2 is 0.659 bits per heavy atom. The van der Waals surface area contributed by atoms with Crippen molar-refractivity contribution in [3.8, 4) is 0 Å². The molecule has 0 aliphatic rings. The zero-order valence-electron chi connectivity index (χ0n) is 27.2. The third-order valence-electron chi connectivity index (χ3n) is 8.73. The molecular weight excluding hydrogens is 518 g/mol. The smallest absolute Gasteiger partial charge is 0.311 e. The van der Waals surface area contributed by atoms with Crippen molar-refractivity contribution in [2.45, 2.75) is 156 Å². The van der Waals surface area contributed by atoms with Crippen molar-refractivity contribution in [1.82, 2.24) is 0 Å². The van der Waals surface area contributed by atoms with E-state index in [2.05, 4.69) is 6.92 Å². The van der Waals surface area contributed by atoms with Gasteiger partial charge in [0.25, 0.3) is 0 Å². The van der Waals surface area contributed by atoms with Gasteiger partial charge in [-0.1, -0.05) is 122 Å². The highest BCUT2D eigenvalue weighted by Gasteiger charge is 2.38. The fraction of sp³-hybridized carbons (Fsp3) is 0.912. The molecule has 0 bridgehead atoms. The minimum atomic E-state index is -0.929. The third-order valence-corrected chi connectivity index (χ3v) is 8.73. The molecule has 7 heteroatoms. The van der Waals surface area contributed by atoms with Gasteiger partial charge in [0.2, 0.25) is 0 Å². The van der Waals surface area contributed by atoms with Crippen molar-refractivity contribution in [3.05, 3.63) is 0 Å². The van der Waals surface area contributed by atoms with Crippen LogP contribution in [-0.4, -0.2) is 63.9 Å². The molecule has 3 N–H and O–H groups in total. The molecule has 41 heavy (non-hydrogen) atoms. The predicted octanol–water partition coefficient (Wildman–Crippen LogP) is 8.79. The van der Waals surface area contributed by atoms with E-state index >= 15 is 0 Å². The van der Waals surface area contributed by atoms with Crippen molar-refractivity contribution in [2.75, 3.05) is 26.2 Å². The molecule has 0 aliphatic carbocycles. The molecule has 0 amide bonds. The van der Waals surface area contributed by atoms with E-state index in [9.17, 15) is 29.7 Å². The van der Waals surface area contributed by atoms with Crippen LogP contribution in [0, 0.1) is 17.8 Å². The molecule has 0 aliphatic heterocycles. The number of carbonyl (C=O) groups is 3. The van der Waals surface area contributed by atoms with Crippen LogP contribution in [0.15, 0.2) is 0 Å². The largest absolute Gasteiger partial charge is 0.481 e. The molecule has 7 nitrogen and oxygen atoms in total. The highest BCUT2D eigenvalue weighted by molar-refractivity contribution is 5.70. The fourth-order valence-electron chi connectivity index (χ4n) is 6.18. The van der Waals surface area contributed by atoms with E-state index < -0.39 is 35.7 Å². The van der Waals surface area contributed by atoms with Crippen LogP contribution in [0.25, 0.3) is 0 Å². The van der Waals surface area contributed by atoms with Gasteiger partial charge < -0.3 is 19.8 Å². The first kappa shape index (κ1) is 39.4. The summed E-state index contributed by atoms with van der Waals surface area (Å²) >= 11 is 0. The second kappa shape index (κ2) is 24.9. The number of carboxylic acid groups (broad SMARTS) is 3. The number of unbranched alkanes of at least 4 members (excludes halogenated alkanes) is 19. The molecule has 3 unspecified atom stereocenters. The van der Waals surface area contributed by atoms with Gasteiger partial charge in [0.05, 0.1) is 26.2 Å². The van der Waals surface area contributed by atoms with Crippen LogP contribution in [-0.2, 0) is 14.4 Å².